The van der Waals surface area contributed by atoms with Gasteiger partial charge in [-0.1, -0.05) is 42.5 Å². The van der Waals surface area contributed by atoms with Gasteiger partial charge in [0.25, 0.3) is 5.82 Å². The predicted molar refractivity (Wildman–Crippen MR) is 88.6 cm³/mol. The van der Waals surface area contributed by atoms with Gasteiger partial charge in [-0.15, -0.1) is 0 Å². The lowest BCUT2D eigenvalue weighted by Crippen LogP contribution is -3.00. The molecule has 0 aliphatic carbocycles. The van der Waals surface area contributed by atoms with Crippen molar-refractivity contribution in [3.63, 3.8) is 0 Å². The van der Waals surface area contributed by atoms with Crippen molar-refractivity contribution in [1.29, 1.82) is 5.26 Å². The molecule has 1 aliphatic heterocycles. The van der Waals surface area contributed by atoms with Crippen molar-refractivity contribution < 1.29 is 17.0 Å². The van der Waals surface area contributed by atoms with Gasteiger partial charge >= 0.3 is 0 Å². The largest absolute Gasteiger partial charge is 1.00 e. The van der Waals surface area contributed by atoms with E-state index in [2.05, 4.69) is 51.7 Å². The third-order valence-corrected chi connectivity index (χ3v) is 4.50. The zero-order valence-corrected chi connectivity index (χ0v) is 14.1. The second kappa shape index (κ2) is 6.90. The maximum Gasteiger partial charge on any atom is 0.257 e. The predicted octanol–water partition coefficient (Wildman–Crippen LogP) is 0.313. The Balaban J connectivity index is 0.00000169. The van der Waals surface area contributed by atoms with E-state index in [0.29, 0.717) is 5.56 Å². The van der Waals surface area contributed by atoms with Crippen molar-refractivity contribution in [3.8, 4) is 17.3 Å². The Morgan fingerprint density at radius 3 is 2.50 bits per heavy atom. The maximum atomic E-state index is 8.92. The molecule has 0 fully saturated rings. The van der Waals surface area contributed by atoms with Crippen LogP contribution in [-0.4, -0.2) is 4.57 Å². The highest BCUT2D eigenvalue weighted by molar-refractivity contribution is 5.58. The Morgan fingerprint density at radius 2 is 1.79 bits per heavy atom. The van der Waals surface area contributed by atoms with Crippen molar-refractivity contribution in [1.82, 2.24) is 4.57 Å². The van der Waals surface area contributed by atoms with Crippen LogP contribution in [0.5, 0.6) is 0 Å². The quantitative estimate of drug-likeness (QED) is 0.634. The van der Waals surface area contributed by atoms with Crippen LogP contribution in [0.1, 0.15) is 23.4 Å². The van der Waals surface area contributed by atoms with Crippen molar-refractivity contribution in [2.75, 3.05) is 0 Å². The van der Waals surface area contributed by atoms with Gasteiger partial charge in [-0.2, -0.15) is 5.26 Å². The van der Waals surface area contributed by atoms with Gasteiger partial charge in [-0.25, -0.2) is 9.13 Å². The summed E-state index contributed by atoms with van der Waals surface area (Å²) in [5.41, 5.74) is 4.51. The molecule has 1 aromatic heterocycles. The molecular weight excluding hydrogens is 318 g/mol. The topological polar surface area (TPSA) is 32.6 Å². The molecule has 3 nitrogen and oxygen atoms in total. The normalized spacial score (nSPS) is 12.3. The Hall–Kier alpha value is -2.57. The van der Waals surface area contributed by atoms with E-state index in [1.54, 1.807) is 0 Å². The molecule has 0 amide bonds. The number of imidazole rings is 1. The summed E-state index contributed by atoms with van der Waals surface area (Å²) in [6, 6.07) is 20.6. The lowest BCUT2D eigenvalue weighted by atomic mass is 10.1. The molecule has 1 aliphatic rings. The first-order chi connectivity index (χ1) is 11.3. The molecule has 0 spiro atoms. The van der Waals surface area contributed by atoms with E-state index in [1.165, 1.54) is 29.1 Å². The molecule has 0 atom stereocenters. The van der Waals surface area contributed by atoms with Gasteiger partial charge in [0.15, 0.2) is 5.69 Å². The maximum absolute atomic E-state index is 8.92. The molecule has 120 valence electrons. The van der Waals surface area contributed by atoms with Gasteiger partial charge in [0.2, 0.25) is 0 Å². The van der Waals surface area contributed by atoms with Crippen LogP contribution in [-0.2, 0) is 19.5 Å². The third kappa shape index (κ3) is 2.93. The number of aromatic nitrogens is 2. The molecule has 4 rings (SSSR count). The van der Waals surface area contributed by atoms with Crippen molar-refractivity contribution in [3.05, 3.63) is 77.7 Å². The Kier molecular flexibility index (Phi) is 4.69. The summed E-state index contributed by atoms with van der Waals surface area (Å²) in [6.45, 7) is 1.95. The number of nitrogens with zero attached hydrogens (tertiary/aromatic N) is 3. The molecule has 4 heteroatoms. The molecular formula is C20H18ClN3. The molecule has 24 heavy (non-hydrogen) atoms. The van der Waals surface area contributed by atoms with E-state index < -0.39 is 0 Å². The standard InChI is InChI=1S/C20H18N3.ClH/c21-13-16-8-10-17(11-9-16)14-22-15-19(18-5-2-1-3-6-18)23-12-4-7-20(22)23;/h1-3,5-6,8-11,15H,4,7,12,14H2;1H/q+1;/p-1. The van der Waals surface area contributed by atoms with E-state index in [4.69, 9.17) is 5.26 Å². The van der Waals surface area contributed by atoms with Crippen LogP contribution in [0.4, 0.5) is 0 Å². The van der Waals surface area contributed by atoms with Gasteiger partial charge in [0, 0.05) is 5.56 Å². The molecule has 2 heterocycles. The fraction of sp³-hybridized carbons (Fsp3) is 0.200. The molecule has 2 aromatic carbocycles. The van der Waals surface area contributed by atoms with E-state index in [0.717, 1.165) is 19.5 Å². The van der Waals surface area contributed by atoms with Crippen LogP contribution >= 0.6 is 0 Å². The Bertz CT molecular complexity index is 874. The van der Waals surface area contributed by atoms with E-state index in [1.807, 2.05) is 24.3 Å². The van der Waals surface area contributed by atoms with Crippen molar-refractivity contribution in [2.24, 2.45) is 0 Å². The van der Waals surface area contributed by atoms with Gasteiger partial charge < -0.3 is 12.4 Å². The smallest absolute Gasteiger partial charge is 0.257 e. The molecule has 0 bridgehead atoms. The van der Waals surface area contributed by atoms with E-state index >= 15 is 0 Å². The lowest BCUT2D eigenvalue weighted by molar-refractivity contribution is -0.694. The zero-order chi connectivity index (χ0) is 15.6. The number of benzene rings is 2. The fourth-order valence-electron chi connectivity index (χ4n) is 3.37. The number of halogens is 1. The zero-order valence-electron chi connectivity index (χ0n) is 13.3. The van der Waals surface area contributed by atoms with Crippen LogP contribution in [0, 0.1) is 11.3 Å². The number of hydrogen-bond acceptors (Lipinski definition) is 1. The summed E-state index contributed by atoms with van der Waals surface area (Å²) in [6.07, 6.45) is 4.61. The van der Waals surface area contributed by atoms with E-state index in [-0.39, 0.29) is 12.4 Å². The summed E-state index contributed by atoms with van der Waals surface area (Å²) in [5.74, 6) is 1.40. The number of rotatable bonds is 3. The average molecular weight is 336 g/mol. The minimum atomic E-state index is 0. The minimum absolute atomic E-state index is 0. The van der Waals surface area contributed by atoms with Crippen LogP contribution in [0.2, 0.25) is 0 Å². The second-order valence-electron chi connectivity index (χ2n) is 5.99. The van der Waals surface area contributed by atoms with Crippen LogP contribution in [0.3, 0.4) is 0 Å². The first-order valence-electron chi connectivity index (χ1n) is 8.01. The molecule has 3 aromatic rings. The third-order valence-electron chi connectivity index (χ3n) is 4.50. The minimum Gasteiger partial charge on any atom is -1.00 e. The SMILES string of the molecule is N#Cc1ccc(C[n+]2cc(-c3ccccc3)n3c2CCC3)cc1.[Cl-]. The molecule has 0 saturated heterocycles. The monoisotopic (exact) mass is 335 g/mol. The lowest BCUT2D eigenvalue weighted by Gasteiger charge is -2.00. The average Bonchev–Trinajstić information content (AvgIpc) is 3.20. The summed E-state index contributed by atoms with van der Waals surface area (Å²) < 4.78 is 4.80. The van der Waals surface area contributed by atoms with Gasteiger partial charge in [-0.3, -0.25) is 0 Å². The second-order valence-corrected chi connectivity index (χ2v) is 5.99. The summed E-state index contributed by atoms with van der Waals surface area (Å²) in [4.78, 5) is 0. The van der Waals surface area contributed by atoms with E-state index in [9.17, 15) is 0 Å². The first kappa shape index (κ1) is 16.3. The number of nitriles is 1. The first-order valence-corrected chi connectivity index (χ1v) is 8.01. The summed E-state index contributed by atoms with van der Waals surface area (Å²) in [7, 11) is 0. The van der Waals surface area contributed by atoms with Crippen molar-refractivity contribution in [2.45, 2.75) is 25.9 Å². The highest BCUT2D eigenvalue weighted by Gasteiger charge is 2.28. The summed E-state index contributed by atoms with van der Waals surface area (Å²) in [5, 5.41) is 8.92. The van der Waals surface area contributed by atoms with Crippen LogP contribution < -0.4 is 17.0 Å². The highest BCUT2D eigenvalue weighted by atomic mass is 35.5. The Morgan fingerprint density at radius 1 is 1.04 bits per heavy atom. The fourth-order valence-corrected chi connectivity index (χ4v) is 3.37. The van der Waals surface area contributed by atoms with Crippen molar-refractivity contribution >= 4 is 0 Å². The van der Waals surface area contributed by atoms with Gasteiger partial charge in [0.05, 0.1) is 24.6 Å². The van der Waals surface area contributed by atoms with Gasteiger partial charge in [0.1, 0.15) is 12.7 Å². The number of hydrogen-bond donors (Lipinski definition) is 0. The van der Waals surface area contributed by atoms with Gasteiger partial charge in [-0.05, 0) is 24.1 Å². The van der Waals surface area contributed by atoms with Crippen LogP contribution in [0.15, 0.2) is 60.8 Å². The molecule has 0 saturated carbocycles. The Labute approximate surface area is 148 Å². The molecule has 0 unspecified atom stereocenters. The summed E-state index contributed by atoms with van der Waals surface area (Å²) >= 11 is 0. The molecule has 0 radical (unpaired) electrons. The van der Waals surface area contributed by atoms with Crippen LogP contribution in [0.25, 0.3) is 11.3 Å². The number of fused-ring (bicyclic) bond motifs is 1. The highest BCUT2D eigenvalue weighted by Crippen LogP contribution is 2.24. The molecule has 0 N–H and O–H groups in total.